The van der Waals surface area contributed by atoms with Crippen LogP contribution >= 0.6 is 0 Å². The van der Waals surface area contributed by atoms with Crippen molar-refractivity contribution < 1.29 is 19.1 Å². The van der Waals surface area contributed by atoms with Gasteiger partial charge in [-0.2, -0.15) is 5.26 Å². The number of ether oxygens (including phenoxy) is 2. The van der Waals surface area contributed by atoms with Gasteiger partial charge in [0.1, 0.15) is 11.6 Å². The molecule has 1 aliphatic rings. The van der Waals surface area contributed by atoms with Crippen LogP contribution in [0.15, 0.2) is 47.3 Å². The molecule has 0 unspecified atom stereocenters. The van der Waals surface area contributed by atoms with Gasteiger partial charge in [-0.1, -0.05) is 18.2 Å². The minimum Gasteiger partial charge on any atom is -0.454 e. The van der Waals surface area contributed by atoms with Gasteiger partial charge in [0.15, 0.2) is 11.5 Å². The number of para-hydroxylation sites is 1. The van der Waals surface area contributed by atoms with Gasteiger partial charge in [-0.15, -0.1) is 0 Å². The van der Waals surface area contributed by atoms with Crippen LogP contribution in [0.5, 0.6) is 11.5 Å². The highest BCUT2D eigenvalue weighted by Gasteiger charge is 2.17. The number of nitriles is 1. The highest BCUT2D eigenvalue weighted by atomic mass is 16.7. The van der Waals surface area contributed by atoms with E-state index in [2.05, 4.69) is 15.6 Å². The van der Waals surface area contributed by atoms with E-state index in [4.69, 9.17) is 9.47 Å². The van der Waals surface area contributed by atoms with Crippen molar-refractivity contribution in [2.75, 3.05) is 12.1 Å². The normalized spacial score (nSPS) is 11.6. The van der Waals surface area contributed by atoms with E-state index in [1.54, 1.807) is 44.2 Å². The molecule has 0 radical (unpaired) electrons. The summed E-state index contributed by atoms with van der Waals surface area (Å²) in [5, 5.41) is 14.9. The number of aromatic amines is 1. The molecule has 3 N–H and O–H groups in total. The molecular formula is C26H24N4O5. The van der Waals surface area contributed by atoms with E-state index in [0.717, 1.165) is 11.1 Å². The maximum atomic E-state index is 12.8. The lowest BCUT2D eigenvalue weighted by atomic mass is 9.99. The van der Waals surface area contributed by atoms with Gasteiger partial charge in [0, 0.05) is 18.7 Å². The Labute approximate surface area is 201 Å². The second kappa shape index (κ2) is 10.1. The topological polar surface area (TPSA) is 133 Å². The van der Waals surface area contributed by atoms with Gasteiger partial charge in [-0.25, -0.2) is 0 Å². The van der Waals surface area contributed by atoms with E-state index in [-0.39, 0.29) is 37.1 Å². The van der Waals surface area contributed by atoms with E-state index in [9.17, 15) is 19.6 Å². The van der Waals surface area contributed by atoms with Crippen LogP contribution in [0.2, 0.25) is 0 Å². The van der Waals surface area contributed by atoms with Crippen LogP contribution in [0.4, 0.5) is 5.69 Å². The largest absolute Gasteiger partial charge is 0.454 e. The van der Waals surface area contributed by atoms with Crippen molar-refractivity contribution in [2.24, 2.45) is 0 Å². The van der Waals surface area contributed by atoms with Gasteiger partial charge < -0.3 is 25.1 Å². The Morgan fingerprint density at radius 1 is 1.11 bits per heavy atom. The van der Waals surface area contributed by atoms with E-state index in [1.807, 2.05) is 18.2 Å². The number of carbonyl (C=O) groups is 2. The first-order chi connectivity index (χ1) is 16.9. The molecule has 0 saturated carbocycles. The number of aromatic nitrogens is 1. The molecule has 1 aromatic heterocycles. The van der Waals surface area contributed by atoms with Crippen molar-refractivity contribution in [3.63, 3.8) is 0 Å². The van der Waals surface area contributed by atoms with Gasteiger partial charge in [0.2, 0.25) is 12.7 Å². The zero-order valence-corrected chi connectivity index (χ0v) is 19.4. The van der Waals surface area contributed by atoms with Crippen LogP contribution in [-0.4, -0.2) is 23.6 Å². The Kier molecular flexibility index (Phi) is 6.83. The van der Waals surface area contributed by atoms with E-state index < -0.39 is 5.56 Å². The predicted octanol–water partition coefficient (Wildman–Crippen LogP) is 3.09. The number of nitrogens with one attached hydrogen (secondary N) is 3. The van der Waals surface area contributed by atoms with Gasteiger partial charge in [-0.05, 0) is 61.2 Å². The standard InChI is InChI=1S/C26H24N4O5/c1-15-18(16(2)29-26(33)20(15)12-27)8-10-24(31)30-21-6-4-3-5-19(21)25(32)28-13-17-7-9-22-23(11-17)35-14-34-22/h3-7,9,11H,8,10,13-14H2,1-2H3,(H,28,32)(H,29,33)(H,30,31). The fourth-order valence-electron chi connectivity index (χ4n) is 3.99. The van der Waals surface area contributed by atoms with Crippen molar-refractivity contribution in [3.05, 3.63) is 86.3 Å². The van der Waals surface area contributed by atoms with Crippen molar-refractivity contribution >= 4 is 17.5 Å². The Balaban J connectivity index is 1.40. The fourth-order valence-corrected chi connectivity index (χ4v) is 3.99. The van der Waals surface area contributed by atoms with Crippen LogP contribution in [0.1, 0.15) is 44.7 Å². The summed E-state index contributed by atoms with van der Waals surface area (Å²) >= 11 is 0. The SMILES string of the molecule is Cc1[nH]c(=O)c(C#N)c(C)c1CCC(=O)Nc1ccccc1C(=O)NCc1ccc2c(c1)OCO2. The molecule has 1 aliphatic heterocycles. The Hall–Kier alpha value is -4.58. The molecular weight excluding hydrogens is 448 g/mol. The zero-order valence-electron chi connectivity index (χ0n) is 19.4. The number of benzene rings is 2. The number of carbonyl (C=O) groups excluding carboxylic acids is 2. The number of anilines is 1. The summed E-state index contributed by atoms with van der Waals surface area (Å²) in [6, 6.07) is 14.1. The molecule has 0 bridgehead atoms. The second-order valence-electron chi connectivity index (χ2n) is 8.13. The van der Waals surface area contributed by atoms with Crippen LogP contribution in [-0.2, 0) is 17.8 Å². The first kappa shape index (κ1) is 23.6. The van der Waals surface area contributed by atoms with Crippen LogP contribution in [0, 0.1) is 25.2 Å². The number of pyridine rings is 1. The number of hydrogen-bond donors (Lipinski definition) is 3. The molecule has 4 rings (SSSR count). The molecule has 178 valence electrons. The number of amides is 2. The lowest BCUT2D eigenvalue weighted by molar-refractivity contribution is -0.116. The molecule has 0 atom stereocenters. The molecule has 2 aromatic carbocycles. The molecule has 35 heavy (non-hydrogen) atoms. The van der Waals surface area contributed by atoms with Crippen LogP contribution in [0.25, 0.3) is 0 Å². The zero-order chi connectivity index (χ0) is 24.9. The molecule has 9 heteroatoms. The second-order valence-corrected chi connectivity index (χ2v) is 8.13. The molecule has 2 amide bonds. The molecule has 0 aliphatic carbocycles. The quantitative estimate of drug-likeness (QED) is 0.484. The lowest BCUT2D eigenvalue weighted by Crippen LogP contribution is -2.25. The highest BCUT2D eigenvalue weighted by Crippen LogP contribution is 2.32. The summed E-state index contributed by atoms with van der Waals surface area (Å²) in [6.45, 7) is 3.90. The smallest absolute Gasteiger partial charge is 0.266 e. The number of H-pyrrole nitrogens is 1. The maximum Gasteiger partial charge on any atom is 0.266 e. The van der Waals surface area contributed by atoms with Crippen LogP contribution < -0.4 is 25.7 Å². The van der Waals surface area contributed by atoms with Gasteiger partial charge >= 0.3 is 0 Å². The molecule has 0 spiro atoms. The summed E-state index contributed by atoms with van der Waals surface area (Å²) in [4.78, 5) is 40.1. The number of fused-ring (bicyclic) bond motifs is 1. The fraction of sp³-hybridized carbons (Fsp3) is 0.231. The van der Waals surface area contributed by atoms with Crippen LogP contribution in [0.3, 0.4) is 0 Å². The van der Waals surface area contributed by atoms with Crippen molar-refractivity contribution in [1.82, 2.24) is 10.3 Å². The first-order valence-electron chi connectivity index (χ1n) is 11.1. The average Bonchev–Trinajstić information content (AvgIpc) is 3.31. The van der Waals surface area contributed by atoms with E-state index in [0.29, 0.717) is 40.4 Å². The predicted molar refractivity (Wildman–Crippen MR) is 128 cm³/mol. The van der Waals surface area contributed by atoms with Gasteiger partial charge in [-0.3, -0.25) is 14.4 Å². The number of hydrogen-bond acceptors (Lipinski definition) is 6. The molecule has 0 saturated heterocycles. The van der Waals surface area contributed by atoms with Gasteiger partial charge in [0.25, 0.3) is 11.5 Å². The molecule has 9 nitrogen and oxygen atoms in total. The Morgan fingerprint density at radius 2 is 1.89 bits per heavy atom. The first-order valence-corrected chi connectivity index (χ1v) is 11.1. The molecule has 0 fully saturated rings. The lowest BCUT2D eigenvalue weighted by Gasteiger charge is -2.13. The number of rotatable bonds is 7. The summed E-state index contributed by atoms with van der Waals surface area (Å²) in [5.74, 6) is 0.692. The monoisotopic (exact) mass is 472 g/mol. The Morgan fingerprint density at radius 3 is 2.69 bits per heavy atom. The van der Waals surface area contributed by atoms with Gasteiger partial charge in [0.05, 0.1) is 11.3 Å². The minimum atomic E-state index is -0.434. The summed E-state index contributed by atoms with van der Waals surface area (Å²) in [6.07, 6.45) is 0.458. The average molecular weight is 473 g/mol. The van der Waals surface area contributed by atoms with Crippen molar-refractivity contribution in [2.45, 2.75) is 33.2 Å². The van der Waals surface area contributed by atoms with Crippen molar-refractivity contribution in [3.8, 4) is 17.6 Å². The Bertz CT molecular complexity index is 1400. The number of aryl methyl sites for hydroxylation is 1. The van der Waals surface area contributed by atoms with Crippen molar-refractivity contribution in [1.29, 1.82) is 5.26 Å². The van der Waals surface area contributed by atoms with E-state index >= 15 is 0 Å². The third kappa shape index (κ3) is 5.17. The molecule has 2 heterocycles. The summed E-state index contributed by atoms with van der Waals surface area (Å²) in [5.41, 5.74) is 3.16. The highest BCUT2D eigenvalue weighted by molar-refractivity contribution is 6.03. The number of nitrogens with zero attached hydrogens (tertiary/aromatic N) is 1. The van der Waals surface area contributed by atoms with E-state index in [1.165, 1.54) is 0 Å². The summed E-state index contributed by atoms with van der Waals surface area (Å²) in [7, 11) is 0. The third-order valence-electron chi connectivity index (χ3n) is 5.86. The third-order valence-corrected chi connectivity index (χ3v) is 5.86. The summed E-state index contributed by atoms with van der Waals surface area (Å²) < 4.78 is 10.7. The minimum absolute atomic E-state index is 0.0514. The maximum absolute atomic E-state index is 12.8. The molecule has 3 aromatic rings.